The molecule has 3 rings (SSSR count). The smallest absolute Gasteiger partial charge is 0.270 e. The zero-order valence-electron chi connectivity index (χ0n) is 18.2. The van der Waals surface area contributed by atoms with Crippen LogP contribution in [0.15, 0.2) is 12.1 Å². The van der Waals surface area contributed by atoms with Crippen LogP contribution in [0.1, 0.15) is 57.9 Å². The van der Waals surface area contributed by atoms with E-state index in [1.807, 2.05) is 6.07 Å². The lowest BCUT2D eigenvalue weighted by molar-refractivity contribution is -0.116. The van der Waals surface area contributed by atoms with Crippen molar-refractivity contribution in [3.05, 3.63) is 17.7 Å². The Morgan fingerprint density at radius 2 is 1.77 bits per heavy atom. The standard InChI is InChI=1S/C22H34N6O2/c1-3-27-14-10-17(11-15-27)25-22(30)20(23)18-8-9-19(26-21(18)24-16(2)29)28-12-6-4-5-7-13-28/h8-9,17,23H,3-7,10-15H2,1-2H3,(H,25,30)(H,24,26,29). The van der Waals surface area contributed by atoms with Crippen LogP contribution < -0.4 is 15.5 Å². The number of nitrogens with one attached hydrogen (secondary N) is 3. The van der Waals surface area contributed by atoms with Gasteiger partial charge in [0.05, 0.1) is 0 Å². The topological polar surface area (TPSA) is 101 Å². The number of rotatable bonds is 6. The lowest BCUT2D eigenvalue weighted by Gasteiger charge is -2.31. The van der Waals surface area contributed by atoms with E-state index in [1.54, 1.807) is 6.07 Å². The predicted octanol–water partition coefficient (Wildman–Crippen LogP) is 2.39. The van der Waals surface area contributed by atoms with Crippen LogP contribution in [0.25, 0.3) is 0 Å². The van der Waals surface area contributed by atoms with E-state index >= 15 is 0 Å². The van der Waals surface area contributed by atoms with Crippen LogP contribution in [0, 0.1) is 5.41 Å². The number of carbonyl (C=O) groups excluding carboxylic acids is 2. The first-order valence-electron chi connectivity index (χ1n) is 11.1. The van der Waals surface area contributed by atoms with Crippen molar-refractivity contribution in [1.82, 2.24) is 15.2 Å². The van der Waals surface area contributed by atoms with Crippen LogP contribution in [-0.4, -0.2) is 66.2 Å². The lowest BCUT2D eigenvalue weighted by Crippen LogP contribution is -2.46. The maximum absolute atomic E-state index is 12.7. The Morgan fingerprint density at radius 3 is 2.37 bits per heavy atom. The summed E-state index contributed by atoms with van der Waals surface area (Å²) in [5.41, 5.74) is 0.193. The molecule has 8 nitrogen and oxygen atoms in total. The molecule has 1 aromatic heterocycles. The zero-order valence-corrected chi connectivity index (χ0v) is 18.2. The minimum absolute atomic E-state index is 0.0780. The van der Waals surface area contributed by atoms with Gasteiger partial charge in [-0.1, -0.05) is 19.8 Å². The van der Waals surface area contributed by atoms with E-state index in [-0.39, 0.29) is 23.5 Å². The van der Waals surface area contributed by atoms with Crippen molar-refractivity contribution in [1.29, 1.82) is 5.41 Å². The van der Waals surface area contributed by atoms with Crippen LogP contribution >= 0.6 is 0 Å². The highest BCUT2D eigenvalue weighted by Gasteiger charge is 2.24. The average molecular weight is 415 g/mol. The molecule has 8 heteroatoms. The molecule has 0 bridgehead atoms. The quantitative estimate of drug-likeness (QED) is 0.621. The second-order valence-corrected chi connectivity index (χ2v) is 8.21. The largest absolute Gasteiger partial charge is 0.357 e. The third kappa shape index (κ3) is 5.78. The van der Waals surface area contributed by atoms with Gasteiger partial charge in [-0.3, -0.25) is 15.0 Å². The Labute approximate surface area is 178 Å². The van der Waals surface area contributed by atoms with Crippen molar-refractivity contribution in [2.24, 2.45) is 0 Å². The van der Waals surface area contributed by atoms with Crippen LogP contribution in [0.2, 0.25) is 0 Å². The SMILES string of the molecule is CCN1CCC(NC(=O)C(=N)c2ccc(N3CCCCCC3)nc2NC(C)=O)CC1. The molecule has 0 unspecified atom stereocenters. The fraction of sp³-hybridized carbons (Fsp3) is 0.636. The molecule has 0 atom stereocenters. The van der Waals surface area contributed by atoms with Crippen LogP contribution in [0.3, 0.4) is 0 Å². The highest BCUT2D eigenvalue weighted by molar-refractivity contribution is 6.45. The first kappa shape index (κ1) is 22.2. The molecule has 0 spiro atoms. The molecule has 0 aliphatic carbocycles. The van der Waals surface area contributed by atoms with Gasteiger partial charge in [0.25, 0.3) is 5.91 Å². The van der Waals surface area contributed by atoms with Gasteiger partial charge in [-0.25, -0.2) is 4.98 Å². The molecule has 0 radical (unpaired) electrons. The summed E-state index contributed by atoms with van der Waals surface area (Å²) in [4.78, 5) is 33.7. The normalized spacial score (nSPS) is 18.5. The molecule has 2 aliphatic heterocycles. The van der Waals surface area contributed by atoms with E-state index in [2.05, 4.69) is 32.3 Å². The Morgan fingerprint density at radius 1 is 1.10 bits per heavy atom. The maximum atomic E-state index is 12.7. The monoisotopic (exact) mass is 414 g/mol. The molecule has 30 heavy (non-hydrogen) atoms. The van der Waals surface area contributed by atoms with Gasteiger partial charge in [-0.15, -0.1) is 0 Å². The molecular formula is C22H34N6O2. The Kier molecular flexibility index (Phi) is 7.79. The summed E-state index contributed by atoms with van der Waals surface area (Å²) in [6.45, 7) is 8.35. The molecule has 3 N–H and O–H groups in total. The van der Waals surface area contributed by atoms with Crippen LogP contribution in [0.4, 0.5) is 11.6 Å². The van der Waals surface area contributed by atoms with Gasteiger partial charge in [0.1, 0.15) is 17.3 Å². The number of piperidine rings is 1. The van der Waals surface area contributed by atoms with Crippen LogP contribution in [0.5, 0.6) is 0 Å². The summed E-state index contributed by atoms with van der Waals surface area (Å²) in [7, 11) is 0. The van der Waals surface area contributed by atoms with Crippen molar-refractivity contribution >= 4 is 29.2 Å². The van der Waals surface area contributed by atoms with E-state index < -0.39 is 5.91 Å². The molecule has 2 amide bonds. The second-order valence-electron chi connectivity index (χ2n) is 8.21. The van der Waals surface area contributed by atoms with Crippen molar-refractivity contribution in [2.45, 2.75) is 58.4 Å². The molecule has 2 fully saturated rings. The van der Waals surface area contributed by atoms with E-state index in [9.17, 15) is 9.59 Å². The highest BCUT2D eigenvalue weighted by atomic mass is 16.2. The van der Waals surface area contributed by atoms with Gasteiger partial charge in [0.2, 0.25) is 5.91 Å². The number of nitrogens with zero attached hydrogens (tertiary/aromatic N) is 3. The number of carbonyl (C=O) groups is 2. The number of pyridine rings is 1. The highest BCUT2D eigenvalue weighted by Crippen LogP contribution is 2.23. The molecule has 0 saturated carbocycles. The summed E-state index contributed by atoms with van der Waals surface area (Å²) in [5.74, 6) is 0.382. The molecule has 164 valence electrons. The van der Waals surface area contributed by atoms with E-state index in [4.69, 9.17) is 5.41 Å². The fourth-order valence-electron chi connectivity index (χ4n) is 4.16. The summed E-state index contributed by atoms with van der Waals surface area (Å²) in [6.07, 6.45) is 6.45. The third-order valence-electron chi connectivity index (χ3n) is 5.97. The van der Waals surface area contributed by atoms with Gasteiger partial charge in [0, 0.05) is 44.7 Å². The maximum Gasteiger partial charge on any atom is 0.270 e. The number of amides is 2. The zero-order chi connectivity index (χ0) is 21.5. The van der Waals surface area contributed by atoms with Crippen molar-refractivity contribution in [2.75, 3.05) is 42.9 Å². The number of aromatic nitrogens is 1. The predicted molar refractivity (Wildman–Crippen MR) is 119 cm³/mol. The Bertz CT molecular complexity index is 765. The first-order chi connectivity index (χ1) is 14.5. The summed E-state index contributed by atoms with van der Waals surface area (Å²) in [6, 6.07) is 3.67. The van der Waals surface area contributed by atoms with Crippen molar-refractivity contribution in [3.63, 3.8) is 0 Å². The molecule has 0 aromatic carbocycles. The van der Waals surface area contributed by atoms with Gasteiger partial charge >= 0.3 is 0 Å². The summed E-state index contributed by atoms with van der Waals surface area (Å²) in [5, 5.41) is 14.1. The first-order valence-corrected chi connectivity index (χ1v) is 11.1. The summed E-state index contributed by atoms with van der Waals surface area (Å²) < 4.78 is 0. The molecule has 2 saturated heterocycles. The van der Waals surface area contributed by atoms with Gasteiger partial charge in [-0.05, 0) is 44.4 Å². The fourth-order valence-corrected chi connectivity index (χ4v) is 4.16. The molecule has 3 heterocycles. The Hall–Kier alpha value is -2.48. The Balaban J connectivity index is 1.73. The molecule has 2 aliphatic rings. The minimum Gasteiger partial charge on any atom is -0.357 e. The van der Waals surface area contributed by atoms with Crippen molar-refractivity contribution in [3.8, 4) is 0 Å². The second kappa shape index (κ2) is 10.5. The molecular weight excluding hydrogens is 380 g/mol. The lowest BCUT2D eigenvalue weighted by atomic mass is 10.0. The van der Waals surface area contributed by atoms with E-state index in [0.29, 0.717) is 5.56 Å². The third-order valence-corrected chi connectivity index (χ3v) is 5.97. The number of anilines is 2. The average Bonchev–Trinajstić information content (AvgIpc) is 3.03. The van der Waals surface area contributed by atoms with Crippen LogP contribution in [-0.2, 0) is 9.59 Å². The minimum atomic E-state index is -0.416. The van der Waals surface area contributed by atoms with E-state index in [0.717, 1.165) is 64.2 Å². The number of hydrogen-bond donors (Lipinski definition) is 3. The van der Waals surface area contributed by atoms with Gasteiger partial charge in [-0.2, -0.15) is 0 Å². The number of likely N-dealkylation sites (tertiary alicyclic amines) is 1. The van der Waals surface area contributed by atoms with Crippen molar-refractivity contribution < 1.29 is 9.59 Å². The molecule has 1 aromatic rings. The van der Waals surface area contributed by atoms with E-state index in [1.165, 1.54) is 19.8 Å². The van der Waals surface area contributed by atoms with Gasteiger partial charge in [0.15, 0.2) is 0 Å². The number of hydrogen-bond acceptors (Lipinski definition) is 6. The summed E-state index contributed by atoms with van der Waals surface area (Å²) >= 11 is 0. The van der Waals surface area contributed by atoms with Gasteiger partial charge < -0.3 is 20.4 Å².